The minimum Gasteiger partial charge on any atom is -0.330 e. The zero-order valence-electron chi connectivity index (χ0n) is 8.37. The van der Waals surface area contributed by atoms with Crippen LogP contribution in [0.4, 0.5) is 8.78 Å². The molecular weight excluding hydrogens is 188 g/mol. The molecule has 0 fully saturated rings. The first kappa shape index (κ1) is 11.1. The van der Waals surface area contributed by atoms with Crippen molar-refractivity contribution in [2.75, 3.05) is 6.54 Å². The van der Waals surface area contributed by atoms with E-state index >= 15 is 0 Å². The molecule has 1 heterocycles. The molecule has 0 radical (unpaired) electrons. The third-order valence-corrected chi connectivity index (χ3v) is 2.01. The molecule has 0 aliphatic rings. The summed E-state index contributed by atoms with van der Waals surface area (Å²) in [4.78, 5) is 0. The lowest BCUT2D eigenvalue weighted by Crippen LogP contribution is -2.18. The summed E-state index contributed by atoms with van der Waals surface area (Å²) in [6.45, 7) is 3.75. The summed E-state index contributed by atoms with van der Waals surface area (Å²) in [5.41, 5.74) is 5.05. The highest BCUT2D eigenvalue weighted by Crippen LogP contribution is 2.30. The van der Waals surface area contributed by atoms with Crippen LogP contribution in [-0.4, -0.2) is 16.3 Å². The molecule has 1 aromatic heterocycles. The summed E-state index contributed by atoms with van der Waals surface area (Å²) in [6, 6.07) is 0.0948. The number of rotatable bonds is 4. The topological polar surface area (TPSA) is 43.8 Å². The second kappa shape index (κ2) is 4.04. The van der Waals surface area contributed by atoms with Gasteiger partial charge in [-0.3, -0.25) is 4.68 Å². The Morgan fingerprint density at radius 1 is 1.57 bits per heavy atom. The SMILES string of the molecule is CC(C)n1cc(C(F)(F)CCN)cn1. The van der Waals surface area contributed by atoms with Crippen molar-refractivity contribution in [1.29, 1.82) is 0 Å². The Kier molecular flexibility index (Phi) is 3.21. The average molecular weight is 203 g/mol. The van der Waals surface area contributed by atoms with Crippen molar-refractivity contribution in [2.45, 2.75) is 32.2 Å². The largest absolute Gasteiger partial charge is 0.330 e. The van der Waals surface area contributed by atoms with Crippen molar-refractivity contribution >= 4 is 0 Å². The number of halogens is 2. The number of aromatic nitrogens is 2. The van der Waals surface area contributed by atoms with Crippen LogP contribution < -0.4 is 5.73 Å². The molecule has 5 heteroatoms. The molecule has 0 saturated heterocycles. The summed E-state index contributed by atoms with van der Waals surface area (Å²) >= 11 is 0. The Morgan fingerprint density at radius 2 is 2.21 bits per heavy atom. The molecule has 0 amide bonds. The van der Waals surface area contributed by atoms with Crippen molar-refractivity contribution in [1.82, 2.24) is 9.78 Å². The van der Waals surface area contributed by atoms with Crippen LogP contribution in [0.1, 0.15) is 31.9 Å². The van der Waals surface area contributed by atoms with Crippen molar-refractivity contribution in [3.8, 4) is 0 Å². The molecule has 0 aliphatic carbocycles. The Morgan fingerprint density at radius 3 is 2.64 bits per heavy atom. The van der Waals surface area contributed by atoms with Gasteiger partial charge in [0.05, 0.1) is 11.8 Å². The van der Waals surface area contributed by atoms with Gasteiger partial charge in [-0.05, 0) is 20.4 Å². The standard InChI is InChI=1S/C9H15F2N3/c1-7(2)14-6-8(5-13-14)9(10,11)3-4-12/h5-7H,3-4,12H2,1-2H3. The second-order valence-corrected chi connectivity index (χ2v) is 3.55. The third-order valence-electron chi connectivity index (χ3n) is 2.01. The maximum atomic E-state index is 13.3. The average Bonchev–Trinajstić information content (AvgIpc) is 2.51. The molecule has 0 spiro atoms. The summed E-state index contributed by atoms with van der Waals surface area (Å²) in [5.74, 6) is -2.86. The number of nitrogens with zero attached hydrogens (tertiary/aromatic N) is 2. The molecule has 0 aliphatic heterocycles. The predicted octanol–water partition coefficient (Wildman–Crippen LogP) is 1.90. The predicted molar refractivity (Wildman–Crippen MR) is 50.2 cm³/mol. The van der Waals surface area contributed by atoms with E-state index in [0.29, 0.717) is 0 Å². The molecule has 80 valence electrons. The lowest BCUT2D eigenvalue weighted by Gasteiger charge is -2.12. The quantitative estimate of drug-likeness (QED) is 0.812. The fourth-order valence-corrected chi connectivity index (χ4v) is 1.13. The van der Waals surface area contributed by atoms with Gasteiger partial charge in [-0.2, -0.15) is 5.10 Å². The molecule has 14 heavy (non-hydrogen) atoms. The van der Waals surface area contributed by atoms with Crippen molar-refractivity contribution in [3.05, 3.63) is 18.0 Å². The van der Waals surface area contributed by atoms with Crippen LogP contribution in [0.25, 0.3) is 0 Å². The Balaban J connectivity index is 2.85. The Labute approximate surface area is 81.9 Å². The van der Waals surface area contributed by atoms with Gasteiger partial charge in [0.2, 0.25) is 0 Å². The fraction of sp³-hybridized carbons (Fsp3) is 0.667. The van der Waals surface area contributed by atoms with E-state index in [1.54, 1.807) is 0 Å². The van der Waals surface area contributed by atoms with Gasteiger partial charge in [0.15, 0.2) is 0 Å². The minimum absolute atomic E-state index is 0.0279. The van der Waals surface area contributed by atoms with Gasteiger partial charge in [-0.15, -0.1) is 0 Å². The van der Waals surface area contributed by atoms with Gasteiger partial charge in [0, 0.05) is 18.7 Å². The highest BCUT2D eigenvalue weighted by atomic mass is 19.3. The molecule has 1 aromatic rings. The molecular formula is C9H15F2N3. The van der Waals surface area contributed by atoms with E-state index in [9.17, 15) is 8.78 Å². The lowest BCUT2D eigenvalue weighted by molar-refractivity contribution is -0.0108. The maximum absolute atomic E-state index is 13.3. The minimum atomic E-state index is -2.86. The first-order chi connectivity index (χ1) is 6.47. The summed E-state index contributed by atoms with van der Waals surface area (Å²) < 4.78 is 28.1. The first-order valence-electron chi connectivity index (χ1n) is 4.60. The molecule has 0 atom stereocenters. The first-order valence-corrected chi connectivity index (χ1v) is 4.60. The van der Waals surface area contributed by atoms with Crippen LogP contribution >= 0.6 is 0 Å². The Hall–Kier alpha value is -0.970. The maximum Gasteiger partial charge on any atom is 0.277 e. The molecule has 3 nitrogen and oxygen atoms in total. The van der Waals surface area contributed by atoms with E-state index in [1.165, 1.54) is 17.1 Å². The van der Waals surface area contributed by atoms with Gasteiger partial charge in [-0.25, -0.2) is 8.78 Å². The van der Waals surface area contributed by atoms with Gasteiger partial charge in [0.25, 0.3) is 5.92 Å². The van der Waals surface area contributed by atoms with E-state index in [0.717, 1.165) is 0 Å². The van der Waals surface area contributed by atoms with Crippen LogP contribution in [0.15, 0.2) is 12.4 Å². The molecule has 0 aromatic carbocycles. The van der Waals surface area contributed by atoms with E-state index in [-0.39, 0.29) is 24.6 Å². The van der Waals surface area contributed by atoms with Crippen molar-refractivity contribution in [2.24, 2.45) is 5.73 Å². The highest BCUT2D eigenvalue weighted by molar-refractivity contribution is 5.12. The van der Waals surface area contributed by atoms with Crippen LogP contribution in [0.2, 0.25) is 0 Å². The smallest absolute Gasteiger partial charge is 0.277 e. The van der Waals surface area contributed by atoms with Crippen LogP contribution in [0, 0.1) is 0 Å². The van der Waals surface area contributed by atoms with Gasteiger partial charge in [-0.1, -0.05) is 0 Å². The fourth-order valence-electron chi connectivity index (χ4n) is 1.13. The van der Waals surface area contributed by atoms with Crippen molar-refractivity contribution < 1.29 is 8.78 Å². The van der Waals surface area contributed by atoms with Crippen LogP contribution in [-0.2, 0) is 5.92 Å². The highest BCUT2D eigenvalue weighted by Gasteiger charge is 2.32. The number of nitrogens with two attached hydrogens (primary N) is 1. The second-order valence-electron chi connectivity index (χ2n) is 3.55. The molecule has 2 N–H and O–H groups in total. The summed E-state index contributed by atoms with van der Waals surface area (Å²) in [5, 5.41) is 3.86. The summed E-state index contributed by atoms with van der Waals surface area (Å²) in [7, 11) is 0. The summed E-state index contributed by atoms with van der Waals surface area (Å²) in [6.07, 6.45) is 2.24. The third kappa shape index (κ3) is 2.29. The van der Waals surface area contributed by atoms with Gasteiger partial charge >= 0.3 is 0 Å². The Bertz CT molecular complexity index is 294. The van der Waals surface area contributed by atoms with E-state index in [1.807, 2.05) is 13.8 Å². The number of alkyl halides is 2. The molecule has 0 saturated carbocycles. The zero-order valence-corrected chi connectivity index (χ0v) is 8.37. The van der Waals surface area contributed by atoms with Gasteiger partial charge < -0.3 is 5.73 Å². The number of hydrogen-bond acceptors (Lipinski definition) is 2. The van der Waals surface area contributed by atoms with Crippen molar-refractivity contribution in [3.63, 3.8) is 0 Å². The lowest BCUT2D eigenvalue weighted by atomic mass is 10.1. The monoisotopic (exact) mass is 203 g/mol. The van der Waals surface area contributed by atoms with Gasteiger partial charge in [0.1, 0.15) is 0 Å². The van der Waals surface area contributed by atoms with Crippen LogP contribution in [0.5, 0.6) is 0 Å². The van der Waals surface area contributed by atoms with E-state index < -0.39 is 5.92 Å². The normalized spacial score (nSPS) is 12.4. The van der Waals surface area contributed by atoms with E-state index in [2.05, 4.69) is 5.10 Å². The zero-order chi connectivity index (χ0) is 10.8. The van der Waals surface area contributed by atoms with Crippen LogP contribution in [0.3, 0.4) is 0 Å². The molecule has 0 bridgehead atoms. The van der Waals surface area contributed by atoms with E-state index in [4.69, 9.17) is 5.73 Å². The molecule has 0 unspecified atom stereocenters. The number of hydrogen-bond donors (Lipinski definition) is 1. The molecule has 1 rings (SSSR count).